The third-order valence-electron chi connectivity index (χ3n) is 4.05. The molecule has 0 aliphatic heterocycles. The summed E-state index contributed by atoms with van der Waals surface area (Å²) in [5.41, 5.74) is 7.11. The predicted molar refractivity (Wildman–Crippen MR) is 102 cm³/mol. The van der Waals surface area contributed by atoms with Crippen LogP contribution >= 0.6 is 0 Å². The van der Waals surface area contributed by atoms with Crippen LogP contribution in [-0.4, -0.2) is 49.1 Å². The van der Waals surface area contributed by atoms with Crippen molar-refractivity contribution in [2.75, 3.05) is 21.3 Å². The number of carbonyl (C=O) groups excluding carboxylic acids is 2. The fourth-order valence-corrected chi connectivity index (χ4v) is 2.76. The van der Waals surface area contributed by atoms with E-state index in [1.54, 1.807) is 20.0 Å². The summed E-state index contributed by atoms with van der Waals surface area (Å²) in [5, 5.41) is 4.93. The molecule has 4 N–H and O–H groups in total. The SMILES string of the molecule is COC(=O)C1CCCCC1.COC(=O)c1cc(/C(N)=N/N(C)N)cc(C)n1. The van der Waals surface area contributed by atoms with Crippen LogP contribution in [0.5, 0.6) is 0 Å². The van der Waals surface area contributed by atoms with Crippen molar-refractivity contribution in [3.63, 3.8) is 0 Å². The molecule has 1 aliphatic carbocycles. The van der Waals surface area contributed by atoms with Gasteiger partial charge in [-0.05, 0) is 31.9 Å². The number of rotatable bonds is 4. The van der Waals surface area contributed by atoms with E-state index >= 15 is 0 Å². The van der Waals surface area contributed by atoms with Crippen LogP contribution in [0.1, 0.15) is 53.8 Å². The molecular formula is C18H29N5O4. The summed E-state index contributed by atoms with van der Waals surface area (Å²) < 4.78 is 9.24. The summed E-state index contributed by atoms with van der Waals surface area (Å²) in [6.07, 6.45) is 5.74. The largest absolute Gasteiger partial charge is 0.469 e. The Bertz CT molecular complexity index is 670. The Hall–Kier alpha value is -2.68. The minimum atomic E-state index is -0.524. The summed E-state index contributed by atoms with van der Waals surface area (Å²) in [6, 6.07) is 3.20. The number of pyridine rings is 1. The highest BCUT2D eigenvalue weighted by Crippen LogP contribution is 2.24. The molecule has 0 amide bonds. The average Bonchev–Trinajstić information content (AvgIpc) is 2.66. The number of hydrazone groups is 1. The zero-order valence-electron chi connectivity index (χ0n) is 16.4. The van der Waals surface area contributed by atoms with Gasteiger partial charge in [-0.2, -0.15) is 0 Å². The number of nitrogens with two attached hydrogens (primary N) is 2. The number of ether oxygens (including phenoxy) is 2. The van der Waals surface area contributed by atoms with Crippen LogP contribution in [0.4, 0.5) is 0 Å². The summed E-state index contributed by atoms with van der Waals surface area (Å²) >= 11 is 0. The maximum Gasteiger partial charge on any atom is 0.356 e. The zero-order valence-corrected chi connectivity index (χ0v) is 16.4. The van der Waals surface area contributed by atoms with Crippen molar-refractivity contribution < 1.29 is 19.1 Å². The van der Waals surface area contributed by atoms with Gasteiger partial charge in [0.1, 0.15) is 5.69 Å². The lowest BCUT2D eigenvalue weighted by Gasteiger charge is -2.18. The number of aryl methyl sites for hydroxylation is 1. The van der Waals surface area contributed by atoms with Crippen LogP contribution < -0.4 is 11.6 Å². The Morgan fingerprint density at radius 3 is 2.33 bits per heavy atom. The average molecular weight is 379 g/mol. The van der Waals surface area contributed by atoms with E-state index in [2.05, 4.69) is 19.6 Å². The number of aromatic nitrogens is 1. The smallest absolute Gasteiger partial charge is 0.356 e. The van der Waals surface area contributed by atoms with E-state index in [1.165, 1.54) is 39.5 Å². The Kier molecular flexibility index (Phi) is 9.21. The molecule has 1 aromatic rings. The second kappa shape index (κ2) is 11.1. The number of hydrazine groups is 1. The van der Waals surface area contributed by atoms with Gasteiger partial charge >= 0.3 is 11.9 Å². The first-order valence-electron chi connectivity index (χ1n) is 8.76. The van der Waals surface area contributed by atoms with Gasteiger partial charge in [0, 0.05) is 18.3 Å². The minimum Gasteiger partial charge on any atom is -0.469 e. The van der Waals surface area contributed by atoms with Crippen LogP contribution in [0.15, 0.2) is 17.2 Å². The van der Waals surface area contributed by atoms with E-state index in [1.807, 2.05) is 0 Å². The number of amidine groups is 1. The maximum absolute atomic E-state index is 11.4. The molecule has 0 saturated heterocycles. The lowest BCUT2D eigenvalue weighted by molar-refractivity contribution is -0.146. The van der Waals surface area contributed by atoms with Crippen LogP contribution in [0.2, 0.25) is 0 Å². The molecule has 0 bridgehead atoms. The van der Waals surface area contributed by atoms with E-state index in [4.69, 9.17) is 11.6 Å². The van der Waals surface area contributed by atoms with Crippen molar-refractivity contribution in [3.8, 4) is 0 Å². The van der Waals surface area contributed by atoms with Crippen molar-refractivity contribution in [1.29, 1.82) is 0 Å². The van der Waals surface area contributed by atoms with Crippen molar-refractivity contribution in [3.05, 3.63) is 29.1 Å². The molecule has 1 aromatic heterocycles. The molecule has 1 aliphatic rings. The molecule has 0 atom stereocenters. The number of nitrogens with zero attached hydrogens (tertiary/aromatic N) is 3. The number of methoxy groups -OCH3 is 2. The van der Waals surface area contributed by atoms with Gasteiger partial charge in [0.05, 0.1) is 20.1 Å². The first-order chi connectivity index (χ1) is 12.8. The molecule has 27 heavy (non-hydrogen) atoms. The lowest BCUT2D eigenvalue weighted by Crippen LogP contribution is -2.26. The fourth-order valence-electron chi connectivity index (χ4n) is 2.76. The topological polar surface area (TPSA) is 133 Å². The Balaban J connectivity index is 0.000000309. The molecule has 1 saturated carbocycles. The molecule has 0 spiro atoms. The number of hydrogen-bond donors (Lipinski definition) is 2. The Labute approximate surface area is 159 Å². The molecule has 2 rings (SSSR count). The molecule has 150 valence electrons. The third kappa shape index (κ3) is 7.61. The van der Waals surface area contributed by atoms with E-state index in [-0.39, 0.29) is 23.4 Å². The second-order valence-electron chi connectivity index (χ2n) is 6.29. The molecule has 1 fully saturated rings. The lowest BCUT2D eigenvalue weighted by atomic mass is 9.89. The van der Waals surface area contributed by atoms with Crippen LogP contribution in [-0.2, 0) is 14.3 Å². The van der Waals surface area contributed by atoms with Crippen LogP contribution in [0.3, 0.4) is 0 Å². The highest BCUT2D eigenvalue weighted by atomic mass is 16.5. The van der Waals surface area contributed by atoms with Gasteiger partial charge in [0.25, 0.3) is 0 Å². The normalized spacial score (nSPS) is 14.6. The zero-order chi connectivity index (χ0) is 20.4. The van der Waals surface area contributed by atoms with E-state index < -0.39 is 5.97 Å². The van der Waals surface area contributed by atoms with Crippen LogP contribution in [0, 0.1) is 12.8 Å². The summed E-state index contributed by atoms with van der Waals surface area (Å²) in [7, 11) is 4.30. The van der Waals surface area contributed by atoms with Gasteiger partial charge in [-0.25, -0.2) is 20.7 Å². The van der Waals surface area contributed by atoms with Gasteiger partial charge in [0.2, 0.25) is 0 Å². The van der Waals surface area contributed by atoms with Crippen LogP contribution in [0.25, 0.3) is 0 Å². The molecule has 1 heterocycles. The highest BCUT2D eigenvalue weighted by molar-refractivity contribution is 5.99. The number of carbonyl (C=O) groups is 2. The monoisotopic (exact) mass is 379 g/mol. The standard InChI is InChI=1S/C10H15N5O2.C8H14O2/c1-6-4-7(9(11)14-15(2)12)5-8(13-6)10(16)17-3;1-10-8(9)7-5-3-2-4-6-7/h4-5H,12H2,1-3H3,(H2,11,14);7H,2-6H2,1H3. The molecule has 9 nitrogen and oxygen atoms in total. The van der Waals surface area contributed by atoms with Gasteiger partial charge in [-0.1, -0.05) is 19.3 Å². The number of esters is 2. The number of hydrogen-bond acceptors (Lipinski definition) is 8. The van der Waals surface area contributed by atoms with Gasteiger partial charge in [-0.15, -0.1) is 5.10 Å². The van der Waals surface area contributed by atoms with Crippen molar-refractivity contribution in [2.45, 2.75) is 39.0 Å². The molecule has 9 heteroatoms. The minimum absolute atomic E-state index is 0.0142. The van der Waals surface area contributed by atoms with Gasteiger partial charge < -0.3 is 15.2 Å². The van der Waals surface area contributed by atoms with Gasteiger partial charge in [0.15, 0.2) is 5.84 Å². The van der Waals surface area contributed by atoms with Gasteiger partial charge in [-0.3, -0.25) is 4.79 Å². The summed E-state index contributed by atoms with van der Waals surface area (Å²) in [4.78, 5) is 26.3. The maximum atomic E-state index is 11.4. The van der Waals surface area contributed by atoms with Crippen molar-refractivity contribution in [1.82, 2.24) is 10.1 Å². The van der Waals surface area contributed by atoms with E-state index in [0.29, 0.717) is 11.3 Å². The Morgan fingerprint density at radius 1 is 1.19 bits per heavy atom. The molecule has 0 aromatic carbocycles. The van der Waals surface area contributed by atoms with Crippen molar-refractivity contribution in [2.24, 2.45) is 22.6 Å². The molecular weight excluding hydrogens is 350 g/mol. The highest BCUT2D eigenvalue weighted by Gasteiger charge is 2.20. The van der Waals surface area contributed by atoms with E-state index in [0.717, 1.165) is 18.0 Å². The predicted octanol–water partition coefficient (Wildman–Crippen LogP) is 1.34. The van der Waals surface area contributed by atoms with Crippen molar-refractivity contribution >= 4 is 17.8 Å². The van der Waals surface area contributed by atoms with E-state index in [9.17, 15) is 9.59 Å². The summed E-state index contributed by atoms with van der Waals surface area (Å²) in [6.45, 7) is 1.75. The summed E-state index contributed by atoms with van der Waals surface area (Å²) in [5.74, 6) is 5.22. The second-order valence-corrected chi connectivity index (χ2v) is 6.29. The molecule has 0 unspecified atom stereocenters. The quantitative estimate of drug-likeness (QED) is 0.263. The Morgan fingerprint density at radius 2 is 1.81 bits per heavy atom. The molecule has 0 radical (unpaired) electrons. The third-order valence-corrected chi connectivity index (χ3v) is 4.05. The fraction of sp³-hybridized carbons (Fsp3) is 0.556. The first-order valence-corrected chi connectivity index (χ1v) is 8.76. The first kappa shape index (κ1) is 22.4.